The number of piperidine rings is 1. The van der Waals surface area contributed by atoms with Crippen LogP contribution in [0.1, 0.15) is 31.7 Å². The fraction of sp³-hybridized carbons (Fsp3) is 0.562. The Morgan fingerprint density at radius 2 is 2.29 bits per heavy atom. The van der Waals surface area contributed by atoms with Crippen LogP contribution in [-0.2, 0) is 11.3 Å². The number of methoxy groups -OCH3 is 1. The number of ether oxygens (including phenoxy) is 1. The van der Waals surface area contributed by atoms with Gasteiger partial charge >= 0.3 is 5.97 Å². The number of likely N-dealkylation sites (tertiary alicyclic amines) is 1. The fourth-order valence-electron chi connectivity index (χ4n) is 3.04. The molecular formula is C16H22FNO3. The average molecular weight is 295 g/mol. The highest BCUT2D eigenvalue weighted by Crippen LogP contribution is 2.34. The molecular weight excluding hydrogens is 273 g/mol. The molecule has 1 atom stereocenters. The molecule has 0 bridgehead atoms. The molecule has 5 heteroatoms. The number of aliphatic carboxylic acids is 1. The highest BCUT2D eigenvalue weighted by atomic mass is 19.1. The van der Waals surface area contributed by atoms with Gasteiger partial charge in [-0.1, -0.05) is 13.0 Å². The van der Waals surface area contributed by atoms with Crippen molar-refractivity contribution in [1.29, 1.82) is 0 Å². The molecule has 1 N–H and O–H groups in total. The third-order valence-corrected chi connectivity index (χ3v) is 4.41. The lowest BCUT2D eigenvalue weighted by Crippen LogP contribution is -2.47. The number of carboxylic acid groups (broad SMARTS) is 1. The summed E-state index contributed by atoms with van der Waals surface area (Å²) >= 11 is 0. The van der Waals surface area contributed by atoms with Crippen LogP contribution in [0.2, 0.25) is 0 Å². The van der Waals surface area contributed by atoms with Crippen molar-refractivity contribution in [2.45, 2.75) is 32.7 Å². The molecule has 0 amide bonds. The van der Waals surface area contributed by atoms with Crippen molar-refractivity contribution in [3.05, 3.63) is 29.6 Å². The molecule has 0 spiro atoms. The van der Waals surface area contributed by atoms with E-state index in [-0.39, 0.29) is 11.6 Å². The van der Waals surface area contributed by atoms with Crippen LogP contribution in [-0.4, -0.2) is 36.2 Å². The maximum Gasteiger partial charge on any atom is 0.310 e. The van der Waals surface area contributed by atoms with Crippen LogP contribution in [0.3, 0.4) is 0 Å². The molecule has 0 aromatic heterocycles. The normalized spacial score (nSPS) is 23.0. The fourth-order valence-corrected chi connectivity index (χ4v) is 3.04. The first kappa shape index (κ1) is 15.8. The van der Waals surface area contributed by atoms with Crippen LogP contribution in [0.15, 0.2) is 18.2 Å². The predicted molar refractivity (Wildman–Crippen MR) is 77.8 cm³/mol. The average Bonchev–Trinajstić information content (AvgIpc) is 2.49. The van der Waals surface area contributed by atoms with E-state index in [1.54, 1.807) is 12.1 Å². The third-order valence-electron chi connectivity index (χ3n) is 4.41. The van der Waals surface area contributed by atoms with E-state index in [9.17, 15) is 14.3 Å². The van der Waals surface area contributed by atoms with E-state index < -0.39 is 11.4 Å². The Morgan fingerprint density at radius 3 is 2.90 bits per heavy atom. The summed E-state index contributed by atoms with van der Waals surface area (Å²) in [5, 5.41) is 9.49. The Morgan fingerprint density at radius 1 is 1.52 bits per heavy atom. The first-order chi connectivity index (χ1) is 10.0. The second-order valence-electron chi connectivity index (χ2n) is 5.72. The second kappa shape index (κ2) is 6.43. The number of benzene rings is 1. The zero-order valence-electron chi connectivity index (χ0n) is 12.6. The molecule has 1 fully saturated rings. The summed E-state index contributed by atoms with van der Waals surface area (Å²) in [6, 6.07) is 4.79. The van der Waals surface area contributed by atoms with Crippen molar-refractivity contribution >= 4 is 5.97 Å². The minimum Gasteiger partial charge on any atom is -0.494 e. The summed E-state index contributed by atoms with van der Waals surface area (Å²) < 4.78 is 18.4. The Bertz CT molecular complexity index is 520. The second-order valence-corrected chi connectivity index (χ2v) is 5.72. The maximum atomic E-state index is 13.4. The highest BCUT2D eigenvalue weighted by molar-refractivity contribution is 5.75. The predicted octanol–water partition coefficient (Wildman–Crippen LogP) is 2.91. The standard InChI is InChI=1S/C16H22FNO3/c1-3-16(15(19)20)7-4-8-18(11-16)10-12-5-6-13(17)14(9-12)21-2/h5-6,9H,3-4,7-8,10-11H2,1-2H3,(H,19,20)/t16-/m0/s1. The molecule has 1 aliphatic heterocycles. The van der Waals surface area contributed by atoms with Gasteiger partial charge in [-0.25, -0.2) is 4.39 Å². The summed E-state index contributed by atoms with van der Waals surface area (Å²) in [5.74, 6) is -0.871. The zero-order chi connectivity index (χ0) is 15.5. The molecule has 21 heavy (non-hydrogen) atoms. The molecule has 116 valence electrons. The van der Waals surface area contributed by atoms with E-state index in [0.717, 1.165) is 24.9 Å². The minimum atomic E-state index is -0.716. The van der Waals surface area contributed by atoms with Gasteiger partial charge in [0.05, 0.1) is 12.5 Å². The molecule has 0 aliphatic carbocycles. The van der Waals surface area contributed by atoms with Crippen molar-refractivity contribution in [2.75, 3.05) is 20.2 Å². The summed E-state index contributed by atoms with van der Waals surface area (Å²) in [6.45, 7) is 3.96. The van der Waals surface area contributed by atoms with Crippen LogP contribution in [0, 0.1) is 11.2 Å². The summed E-state index contributed by atoms with van der Waals surface area (Å²) in [7, 11) is 1.44. The highest BCUT2D eigenvalue weighted by Gasteiger charge is 2.40. The van der Waals surface area contributed by atoms with E-state index in [0.29, 0.717) is 19.5 Å². The van der Waals surface area contributed by atoms with E-state index in [1.165, 1.54) is 13.2 Å². The van der Waals surface area contributed by atoms with Gasteiger partial charge < -0.3 is 9.84 Å². The lowest BCUT2D eigenvalue weighted by molar-refractivity contribution is -0.153. The quantitative estimate of drug-likeness (QED) is 0.907. The monoisotopic (exact) mass is 295 g/mol. The van der Waals surface area contributed by atoms with E-state index >= 15 is 0 Å². The van der Waals surface area contributed by atoms with E-state index in [4.69, 9.17) is 4.74 Å². The number of nitrogens with zero attached hydrogens (tertiary/aromatic N) is 1. The molecule has 1 saturated heterocycles. The summed E-state index contributed by atoms with van der Waals surface area (Å²) in [6.07, 6.45) is 2.23. The number of carbonyl (C=O) groups is 1. The van der Waals surface area contributed by atoms with Gasteiger partial charge in [-0.15, -0.1) is 0 Å². The number of rotatable bonds is 5. The number of hydrogen-bond donors (Lipinski definition) is 1. The van der Waals surface area contributed by atoms with Crippen LogP contribution in [0.5, 0.6) is 5.75 Å². The lowest BCUT2D eigenvalue weighted by Gasteiger charge is -2.39. The molecule has 1 aromatic carbocycles. The van der Waals surface area contributed by atoms with Crippen LogP contribution in [0.4, 0.5) is 4.39 Å². The van der Waals surface area contributed by atoms with Gasteiger partial charge in [0.2, 0.25) is 0 Å². The summed E-state index contributed by atoms with van der Waals surface area (Å²) in [4.78, 5) is 13.7. The Kier molecular flexibility index (Phi) is 4.83. The topological polar surface area (TPSA) is 49.8 Å². The van der Waals surface area contributed by atoms with Gasteiger partial charge in [0, 0.05) is 13.1 Å². The molecule has 4 nitrogen and oxygen atoms in total. The summed E-state index contributed by atoms with van der Waals surface area (Å²) in [5.41, 5.74) is 0.285. The van der Waals surface area contributed by atoms with Gasteiger partial charge in [-0.3, -0.25) is 9.69 Å². The number of carboxylic acids is 1. The third kappa shape index (κ3) is 3.35. The number of hydrogen-bond acceptors (Lipinski definition) is 3. The molecule has 1 aromatic rings. The van der Waals surface area contributed by atoms with Crippen molar-refractivity contribution in [2.24, 2.45) is 5.41 Å². The van der Waals surface area contributed by atoms with Crippen LogP contribution < -0.4 is 4.74 Å². The van der Waals surface area contributed by atoms with Crippen LogP contribution in [0.25, 0.3) is 0 Å². The van der Waals surface area contributed by atoms with E-state index in [2.05, 4.69) is 4.90 Å². The van der Waals surface area contributed by atoms with Crippen molar-refractivity contribution in [3.63, 3.8) is 0 Å². The van der Waals surface area contributed by atoms with Gasteiger partial charge in [0.1, 0.15) is 0 Å². The Balaban J connectivity index is 2.11. The molecule has 0 saturated carbocycles. The maximum absolute atomic E-state index is 13.4. The van der Waals surface area contributed by atoms with Crippen molar-refractivity contribution in [3.8, 4) is 5.75 Å². The van der Waals surface area contributed by atoms with Gasteiger partial charge in [0.25, 0.3) is 0 Å². The molecule has 2 rings (SSSR count). The smallest absolute Gasteiger partial charge is 0.310 e. The Hall–Kier alpha value is -1.62. The minimum absolute atomic E-state index is 0.226. The Labute approximate surface area is 124 Å². The number of halogens is 1. The first-order valence-electron chi connectivity index (χ1n) is 7.29. The van der Waals surface area contributed by atoms with Crippen LogP contribution >= 0.6 is 0 Å². The van der Waals surface area contributed by atoms with E-state index in [1.807, 2.05) is 6.92 Å². The van der Waals surface area contributed by atoms with Crippen molar-refractivity contribution < 1.29 is 19.0 Å². The molecule has 0 radical (unpaired) electrons. The largest absolute Gasteiger partial charge is 0.494 e. The first-order valence-corrected chi connectivity index (χ1v) is 7.29. The zero-order valence-corrected chi connectivity index (χ0v) is 12.6. The van der Waals surface area contributed by atoms with Gasteiger partial charge in [0.15, 0.2) is 11.6 Å². The molecule has 1 heterocycles. The van der Waals surface area contributed by atoms with Gasteiger partial charge in [-0.2, -0.15) is 0 Å². The molecule has 0 unspecified atom stereocenters. The van der Waals surface area contributed by atoms with Crippen molar-refractivity contribution in [1.82, 2.24) is 4.90 Å². The molecule has 1 aliphatic rings. The SMILES string of the molecule is CC[C@]1(C(=O)O)CCCN(Cc2ccc(F)c(OC)c2)C1. The lowest BCUT2D eigenvalue weighted by atomic mass is 9.77. The van der Waals surface area contributed by atoms with Gasteiger partial charge in [-0.05, 0) is 43.5 Å².